The molecule has 0 aliphatic heterocycles. The molecule has 0 atom stereocenters. The lowest BCUT2D eigenvalue weighted by Gasteiger charge is -2.36. The summed E-state index contributed by atoms with van der Waals surface area (Å²) in [7, 11) is 0. The fourth-order valence-corrected chi connectivity index (χ4v) is 27.8. The highest BCUT2D eigenvalue weighted by molar-refractivity contribution is 9.10. The zero-order chi connectivity index (χ0) is 102. The molecule has 0 bridgehead atoms. The Kier molecular flexibility index (Phi) is 40.8. The van der Waals surface area contributed by atoms with E-state index in [1.54, 1.807) is 0 Å². The summed E-state index contributed by atoms with van der Waals surface area (Å²) >= 11 is 8.57. The lowest BCUT2D eigenvalue weighted by atomic mass is 9.65. The van der Waals surface area contributed by atoms with Crippen molar-refractivity contribution >= 4 is 31.9 Å². The first kappa shape index (κ1) is 110. The Hall–Kier alpha value is -9.18. The van der Waals surface area contributed by atoms with Gasteiger partial charge in [-0.05, 0) is 341 Å². The molecule has 0 unspecified atom stereocenters. The van der Waals surface area contributed by atoms with Crippen LogP contribution < -0.4 is 0 Å². The molecule has 0 spiro atoms. The fourth-order valence-electron chi connectivity index (χ4n) is 27.1. The summed E-state index contributed by atoms with van der Waals surface area (Å²) < 4.78 is 2.23. The number of hydrogen-bond donors (Lipinski definition) is 0. The maximum absolute atomic E-state index is 4.29. The highest BCUT2D eigenvalue weighted by Gasteiger charge is 2.57. The molecule has 0 aromatic heterocycles. The number of aryl methyl sites for hydroxylation is 8. The maximum atomic E-state index is 4.29. The summed E-state index contributed by atoms with van der Waals surface area (Å²) in [6.07, 6.45) is 70.3. The van der Waals surface area contributed by atoms with Crippen LogP contribution in [0, 0.1) is 0 Å². The highest BCUT2D eigenvalue weighted by Crippen LogP contribution is 2.69. The Balaban J connectivity index is 0.973. The van der Waals surface area contributed by atoms with E-state index in [2.05, 4.69) is 354 Å². The number of fused-ring (bicyclic) bond motifs is 12. The second-order valence-corrected chi connectivity index (χ2v) is 47.8. The van der Waals surface area contributed by atoms with Crippen LogP contribution in [0.25, 0.3) is 44.5 Å². The van der Waals surface area contributed by atoms with E-state index < -0.39 is 21.7 Å². The quantitative estimate of drug-likeness (QED) is 0.0333. The van der Waals surface area contributed by atoms with Crippen molar-refractivity contribution in [3.63, 3.8) is 0 Å². The molecule has 0 N–H and O–H groups in total. The number of halogens is 2. The minimum absolute atomic E-state index is 0.699. The average molecular weight is 2090 g/mol. The molecule has 0 saturated heterocycles. The predicted octanol–water partition coefficient (Wildman–Crippen LogP) is 43.9. The third-order valence-corrected chi connectivity index (χ3v) is 36.5. The first-order valence-electron chi connectivity index (χ1n) is 60.9. The van der Waals surface area contributed by atoms with E-state index in [9.17, 15) is 0 Å². The van der Waals surface area contributed by atoms with Gasteiger partial charge in [0.05, 0.1) is 21.7 Å². The smallest absolute Gasteiger partial charge is 0.0654 e. The van der Waals surface area contributed by atoms with Gasteiger partial charge in [0.15, 0.2) is 0 Å². The molecule has 0 radical (unpaired) electrons. The van der Waals surface area contributed by atoms with Crippen LogP contribution in [0.3, 0.4) is 0 Å². The summed E-state index contributed by atoms with van der Waals surface area (Å²) in [5, 5.41) is 0. The Morgan fingerprint density at radius 2 is 0.250 bits per heavy atom. The maximum Gasteiger partial charge on any atom is 0.0714 e. The molecule has 0 saturated carbocycles. The van der Waals surface area contributed by atoms with Gasteiger partial charge in [-0.1, -0.05) is 550 Å². The molecule has 4 aliphatic carbocycles. The van der Waals surface area contributed by atoms with Crippen molar-refractivity contribution in [2.75, 3.05) is 0 Å². The van der Waals surface area contributed by atoms with Gasteiger partial charge in [0.25, 0.3) is 0 Å². The van der Waals surface area contributed by atoms with Crippen molar-refractivity contribution in [1.29, 1.82) is 0 Å². The molecule has 2 heteroatoms. The van der Waals surface area contributed by atoms with Crippen molar-refractivity contribution in [1.82, 2.24) is 0 Å². The van der Waals surface area contributed by atoms with Crippen molar-refractivity contribution in [2.24, 2.45) is 0 Å². The molecule has 148 heavy (non-hydrogen) atoms. The molecule has 0 heterocycles. The van der Waals surface area contributed by atoms with Crippen LogP contribution in [0.15, 0.2) is 276 Å². The summed E-state index contributed by atoms with van der Waals surface area (Å²) in [6, 6.07) is 115. The van der Waals surface area contributed by atoms with Gasteiger partial charge in [0, 0.05) is 8.95 Å². The molecular weight excluding hydrogens is 1910 g/mol. The van der Waals surface area contributed by atoms with E-state index in [4.69, 9.17) is 0 Å². The number of hydrogen-bond acceptors (Lipinski definition) is 0. The van der Waals surface area contributed by atoms with Crippen molar-refractivity contribution in [3.05, 3.63) is 409 Å². The Morgan fingerprint density at radius 1 is 0.128 bits per heavy atom. The van der Waals surface area contributed by atoms with E-state index in [-0.39, 0.29) is 0 Å². The van der Waals surface area contributed by atoms with Gasteiger partial charge >= 0.3 is 0 Å². The van der Waals surface area contributed by atoms with Gasteiger partial charge in [-0.3, -0.25) is 0 Å². The normalized spacial score (nSPS) is 13.9. The molecule has 13 aromatic rings. The van der Waals surface area contributed by atoms with Gasteiger partial charge in [-0.15, -0.1) is 0 Å². The van der Waals surface area contributed by atoms with Crippen molar-refractivity contribution < 1.29 is 0 Å². The second-order valence-electron chi connectivity index (χ2n) is 45.9. The van der Waals surface area contributed by atoms with Gasteiger partial charge in [0.2, 0.25) is 0 Å². The summed E-state index contributed by atoms with van der Waals surface area (Å²) in [5.74, 6) is 0. The highest BCUT2D eigenvalue weighted by atomic mass is 79.9. The first-order valence-corrected chi connectivity index (χ1v) is 62.5. The zero-order valence-electron chi connectivity index (χ0n) is 92.8. The minimum atomic E-state index is -0.803. The van der Waals surface area contributed by atoms with E-state index in [0.717, 1.165) is 60.3 Å². The standard InChI is InChI=1S/C146H180Br2/c1-9-17-25-33-41-49-57-109-65-81-117(82-66-109)143(118-83-67-110(68-84-118)58-50-42-34-26-18-10-2)135-101-125(147)97-99-127(135)129-103-139-131(105-137(129)143)133-107-142-134(108-141(133)145(139,121-89-73-113(74-90-121)61-53-45-37-29-21-13-5)122-91-75-114(76-92-122)62-54-46-38-30-22-14-6)132-106-138-130(104-140(132)146(142,123-93-77-115(78-94-123)63-55-47-39-31-23-15-7)124-95-79-116(80-96-124)64-56-48-40-32-24-16-8)128-100-98-126(148)102-136(128)144(138,119-85-69-111(70-86-119)59-51-43-35-27-19-11-3)120-87-71-112(72-88-120)60-52-44-36-28-20-12-4/h65-108H,9-64H2,1-8H3. The summed E-state index contributed by atoms with van der Waals surface area (Å²) in [4.78, 5) is 0. The van der Waals surface area contributed by atoms with Gasteiger partial charge < -0.3 is 0 Å². The number of benzene rings is 13. The fraction of sp³-hybridized carbons (Fsp3) is 0.466. The third kappa shape index (κ3) is 24.5. The minimum Gasteiger partial charge on any atom is -0.0654 e. The topological polar surface area (TPSA) is 0 Å². The monoisotopic (exact) mass is 2090 g/mol. The zero-order valence-corrected chi connectivity index (χ0v) is 95.9. The van der Waals surface area contributed by atoms with Gasteiger partial charge in [-0.25, -0.2) is 0 Å². The number of unbranched alkanes of at least 4 members (excludes halogenated alkanes) is 40. The van der Waals surface area contributed by atoms with Gasteiger partial charge in [-0.2, -0.15) is 0 Å². The van der Waals surface area contributed by atoms with Gasteiger partial charge in [0.1, 0.15) is 0 Å². The summed E-state index contributed by atoms with van der Waals surface area (Å²) in [5.41, 5.74) is 40.8. The SMILES string of the molecule is CCCCCCCCc1ccc(C2(c3ccc(CCCCCCCC)cc3)c3cc(Br)ccc3-c3cc4c(cc32)-c2cc3c(cc2C4(c2ccc(CCCCCCCC)cc2)c2ccc(CCCCCCCC)cc2)-c2cc4c(cc2C3(c2ccc(CCCCCCCC)cc2)c2ccc(CCCCCCCC)cc2)-c2ccc(Br)cc2C4(c2ccc(CCCCCCCC)cc2)c2ccc(CCCCCCCC)cc2)cc1. The van der Waals surface area contributed by atoms with E-state index >= 15 is 0 Å². The van der Waals surface area contributed by atoms with Crippen LogP contribution in [0.4, 0.5) is 0 Å². The Morgan fingerprint density at radius 3 is 0.392 bits per heavy atom. The van der Waals surface area contributed by atoms with Crippen molar-refractivity contribution in [2.45, 2.75) is 437 Å². The molecule has 13 aromatic carbocycles. The summed E-state index contributed by atoms with van der Waals surface area (Å²) in [6.45, 7) is 18.8. The van der Waals surface area contributed by atoms with Crippen LogP contribution >= 0.6 is 31.9 Å². The lowest BCUT2D eigenvalue weighted by molar-refractivity contribution is 0.607. The molecule has 778 valence electrons. The molecule has 0 nitrogen and oxygen atoms in total. The van der Waals surface area contributed by atoms with Crippen LogP contribution in [0.1, 0.15) is 497 Å². The second kappa shape index (κ2) is 54.9. The first-order chi connectivity index (χ1) is 72.9. The van der Waals surface area contributed by atoms with Crippen molar-refractivity contribution in [3.8, 4) is 44.5 Å². The van der Waals surface area contributed by atoms with E-state index in [1.807, 2.05) is 0 Å². The van der Waals surface area contributed by atoms with E-state index in [0.29, 0.717) is 0 Å². The molecule has 0 amide bonds. The van der Waals surface area contributed by atoms with Crippen LogP contribution in [0.2, 0.25) is 0 Å². The molecule has 0 fully saturated rings. The molecular formula is C146H180Br2. The van der Waals surface area contributed by atoms with E-state index in [1.165, 1.54) is 486 Å². The Bertz CT molecular complexity index is 5670. The Labute approximate surface area is 915 Å². The predicted molar refractivity (Wildman–Crippen MR) is 648 cm³/mol. The largest absolute Gasteiger partial charge is 0.0714 e. The van der Waals surface area contributed by atoms with Crippen LogP contribution in [-0.4, -0.2) is 0 Å². The molecule has 17 rings (SSSR count). The van der Waals surface area contributed by atoms with Crippen LogP contribution in [0.5, 0.6) is 0 Å². The average Bonchev–Trinajstić information content (AvgIpc) is 1.49. The lowest BCUT2D eigenvalue weighted by Crippen LogP contribution is -2.30. The molecule has 4 aliphatic rings. The van der Waals surface area contributed by atoms with Crippen LogP contribution in [-0.2, 0) is 73.0 Å². The third-order valence-electron chi connectivity index (χ3n) is 35.5. The number of rotatable bonds is 64.